The maximum atomic E-state index is 9.37. The summed E-state index contributed by atoms with van der Waals surface area (Å²) in [6.07, 6.45) is 1.77. The molecule has 0 bridgehead atoms. The number of aliphatic hydroxyl groups is 1. The van der Waals surface area contributed by atoms with Crippen molar-refractivity contribution in [3.05, 3.63) is 17.5 Å². The van der Waals surface area contributed by atoms with Crippen LogP contribution < -0.4 is 0 Å². The van der Waals surface area contributed by atoms with Crippen LogP contribution in [0.2, 0.25) is 0 Å². The second kappa shape index (κ2) is 5.19. The topological polar surface area (TPSA) is 41.3 Å². The Bertz CT molecular complexity index is 363. The zero-order valence-corrected chi connectivity index (χ0v) is 11.9. The van der Waals surface area contributed by atoms with Gasteiger partial charge in [-0.2, -0.15) is 5.10 Å². The first-order valence-electron chi connectivity index (χ1n) is 6.09. The van der Waals surface area contributed by atoms with Crippen LogP contribution in [0.5, 0.6) is 0 Å². The van der Waals surface area contributed by atoms with Crippen molar-refractivity contribution in [1.29, 1.82) is 0 Å². The Hall–Kier alpha value is -0.870. The van der Waals surface area contributed by atoms with E-state index in [2.05, 4.69) is 37.0 Å². The Kier molecular flexibility index (Phi) is 4.33. The smallest absolute Gasteiger partial charge is 0.0722 e. The summed E-state index contributed by atoms with van der Waals surface area (Å²) in [5.41, 5.74) is 2.43. The van der Waals surface area contributed by atoms with E-state index in [1.54, 1.807) is 0 Å². The van der Waals surface area contributed by atoms with Gasteiger partial charge in [-0.1, -0.05) is 20.8 Å². The molecule has 0 aliphatic carbocycles. The Morgan fingerprint density at radius 3 is 2.53 bits per heavy atom. The van der Waals surface area contributed by atoms with Gasteiger partial charge in [-0.25, -0.2) is 0 Å². The third-order valence-electron chi connectivity index (χ3n) is 2.63. The molecule has 0 aliphatic heterocycles. The van der Waals surface area contributed by atoms with E-state index >= 15 is 0 Å². The minimum absolute atomic E-state index is 0.0578. The molecule has 0 aromatic carbocycles. The van der Waals surface area contributed by atoms with Crippen LogP contribution in [0.1, 0.15) is 39.0 Å². The van der Waals surface area contributed by atoms with Crippen molar-refractivity contribution >= 4 is 0 Å². The van der Waals surface area contributed by atoms with Gasteiger partial charge < -0.3 is 5.11 Å². The predicted octanol–water partition coefficient (Wildman–Crippen LogP) is 1.53. The summed E-state index contributed by atoms with van der Waals surface area (Å²) in [7, 11) is 3.97. The van der Waals surface area contributed by atoms with Crippen molar-refractivity contribution in [3.63, 3.8) is 0 Å². The van der Waals surface area contributed by atoms with E-state index in [1.165, 1.54) is 5.56 Å². The van der Waals surface area contributed by atoms with E-state index in [4.69, 9.17) is 0 Å². The highest BCUT2D eigenvalue weighted by molar-refractivity contribution is 5.23. The molecule has 1 atom stereocenters. The number of aliphatic hydroxyl groups excluding tert-OH is 1. The van der Waals surface area contributed by atoms with E-state index in [0.29, 0.717) is 6.54 Å². The summed E-state index contributed by atoms with van der Waals surface area (Å²) in [4.78, 5) is 2.12. The molecule has 0 spiro atoms. The minimum atomic E-state index is -0.297. The normalized spacial score (nSPS) is 14.4. The Morgan fingerprint density at radius 1 is 1.47 bits per heavy atom. The molecule has 4 heteroatoms. The molecule has 17 heavy (non-hydrogen) atoms. The average molecular weight is 239 g/mol. The molecule has 0 saturated heterocycles. The van der Waals surface area contributed by atoms with Crippen LogP contribution in [0.3, 0.4) is 0 Å². The molecule has 1 rings (SSSR count). The van der Waals surface area contributed by atoms with Crippen LogP contribution in [0, 0.1) is 0 Å². The molecular formula is C13H25N3O. The molecule has 0 unspecified atom stereocenters. The van der Waals surface area contributed by atoms with Gasteiger partial charge >= 0.3 is 0 Å². The molecule has 1 aromatic heterocycles. The van der Waals surface area contributed by atoms with Gasteiger partial charge in [0, 0.05) is 37.3 Å². The molecule has 1 heterocycles. The third kappa shape index (κ3) is 4.13. The second-order valence-electron chi connectivity index (χ2n) is 5.97. The summed E-state index contributed by atoms with van der Waals surface area (Å²) < 4.78 is 1.87. The average Bonchev–Trinajstić information content (AvgIpc) is 2.43. The first kappa shape index (κ1) is 14.2. The number of hydrogen-bond acceptors (Lipinski definition) is 3. The number of aryl methyl sites for hydroxylation is 1. The van der Waals surface area contributed by atoms with E-state index in [9.17, 15) is 5.11 Å². The molecular weight excluding hydrogens is 214 g/mol. The molecule has 98 valence electrons. The number of likely N-dealkylation sites (N-methyl/N-ethyl adjacent to an activating group) is 1. The fourth-order valence-electron chi connectivity index (χ4n) is 2.09. The van der Waals surface area contributed by atoms with Gasteiger partial charge in [0.15, 0.2) is 0 Å². The van der Waals surface area contributed by atoms with Crippen LogP contribution in [0.25, 0.3) is 0 Å². The molecule has 0 fully saturated rings. The molecule has 0 saturated carbocycles. The Morgan fingerprint density at radius 2 is 2.06 bits per heavy atom. The molecule has 4 nitrogen and oxygen atoms in total. The zero-order chi connectivity index (χ0) is 13.2. The summed E-state index contributed by atoms with van der Waals surface area (Å²) in [6, 6.07) is 0. The highest BCUT2D eigenvalue weighted by atomic mass is 16.3. The van der Waals surface area contributed by atoms with E-state index in [-0.39, 0.29) is 11.5 Å². The van der Waals surface area contributed by atoms with Crippen molar-refractivity contribution in [1.82, 2.24) is 14.7 Å². The SMILES string of the molecule is C[C@@H](O)CN(C)Cc1cn(C)nc1C(C)(C)C. The van der Waals surface area contributed by atoms with E-state index in [0.717, 1.165) is 12.2 Å². The maximum absolute atomic E-state index is 9.37. The van der Waals surface area contributed by atoms with Crippen molar-refractivity contribution in [3.8, 4) is 0 Å². The lowest BCUT2D eigenvalue weighted by atomic mass is 9.89. The van der Waals surface area contributed by atoms with Crippen molar-refractivity contribution in [2.75, 3.05) is 13.6 Å². The highest BCUT2D eigenvalue weighted by Gasteiger charge is 2.22. The van der Waals surface area contributed by atoms with Gasteiger partial charge in [0.25, 0.3) is 0 Å². The number of hydrogen-bond donors (Lipinski definition) is 1. The fraction of sp³-hybridized carbons (Fsp3) is 0.769. The minimum Gasteiger partial charge on any atom is -0.392 e. The van der Waals surface area contributed by atoms with Gasteiger partial charge in [-0.15, -0.1) is 0 Å². The summed E-state index contributed by atoms with van der Waals surface area (Å²) >= 11 is 0. The molecule has 0 amide bonds. The number of rotatable bonds is 4. The first-order chi connectivity index (χ1) is 7.70. The zero-order valence-electron chi connectivity index (χ0n) is 11.9. The van der Waals surface area contributed by atoms with Crippen LogP contribution in [-0.4, -0.2) is 39.5 Å². The molecule has 1 N–H and O–H groups in total. The summed E-state index contributed by atoms with van der Waals surface area (Å²) in [5.74, 6) is 0. The lowest BCUT2D eigenvalue weighted by molar-refractivity contribution is 0.138. The molecule has 1 aromatic rings. The molecule has 0 aliphatic rings. The van der Waals surface area contributed by atoms with Crippen LogP contribution in [0.15, 0.2) is 6.20 Å². The molecule has 0 radical (unpaired) electrons. The first-order valence-corrected chi connectivity index (χ1v) is 6.09. The highest BCUT2D eigenvalue weighted by Crippen LogP contribution is 2.24. The van der Waals surface area contributed by atoms with E-state index < -0.39 is 0 Å². The standard InChI is InChI=1S/C13H25N3O/c1-10(17)7-15(5)8-11-9-16(6)14-12(11)13(2,3)4/h9-10,17H,7-8H2,1-6H3/t10-/m1/s1. The van der Waals surface area contributed by atoms with E-state index in [1.807, 2.05) is 25.7 Å². The van der Waals surface area contributed by atoms with Crippen molar-refractivity contribution < 1.29 is 5.11 Å². The Labute approximate surface area is 104 Å². The van der Waals surface area contributed by atoms with Crippen LogP contribution in [-0.2, 0) is 19.0 Å². The van der Waals surface area contributed by atoms with Gasteiger partial charge in [0.1, 0.15) is 0 Å². The Balaban J connectivity index is 2.84. The maximum Gasteiger partial charge on any atom is 0.0722 e. The van der Waals surface area contributed by atoms with Gasteiger partial charge in [0.2, 0.25) is 0 Å². The van der Waals surface area contributed by atoms with Gasteiger partial charge in [-0.3, -0.25) is 9.58 Å². The number of aromatic nitrogens is 2. The lowest BCUT2D eigenvalue weighted by Gasteiger charge is -2.21. The van der Waals surface area contributed by atoms with Crippen molar-refractivity contribution in [2.24, 2.45) is 7.05 Å². The van der Waals surface area contributed by atoms with Crippen molar-refractivity contribution in [2.45, 2.75) is 45.8 Å². The quantitative estimate of drug-likeness (QED) is 0.866. The summed E-state index contributed by atoms with van der Waals surface area (Å²) in [6.45, 7) is 9.84. The lowest BCUT2D eigenvalue weighted by Crippen LogP contribution is -2.27. The second-order valence-corrected chi connectivity index (χ2v) is 5.97. The predicted molar refractivity (Wildman–Crippen MR) is 69.9 cm³/mol. The summed E-state index contributed by atoms with van der Waals surface area (Å²) in [5, 5.41) is 13.9. The van der Waals surface area contributed by atoms with Gasteiger partial charge in [0.05, 0.1) is 11.8 Å². The number of nitrogens with zero attached hydrogens (tertiary/aromatic N) is 3. The largest absolute Gasteiger partial charge is 0.392 e. The fourth-order valence-corrected chi connectivity index (χ4v) is 2.09. The third-order valence-corrected chi connectivity index (χ3v) is 2.63. The monoisotopic (exact) mass is 239 g/mol. The van der Waals surface area contributed by atoms with Crippen LogP contribution >= 0.6 is 0 Å². The van der Waals surface area contributed by atoms with Crippen LogP contribution in [0.4, 0.5) is 0 Å². The van der Waals surface area contributed by atoms with Gasteiger partial charge in [-0.05, 0) is 14.0 Å².